The maximum absolute atomic E-state index is 10.5. The molecule has 0 amide bonds. The highest BCUT2D eigenvalue weighted by Gasteiger charge is 2.32. The Morgan fingerprint density at radius 1 is 0.842 bits per heavy atom. The largest absolute Gasteiger partial charge is 0.481 e. The molecule has 0 rings (SSSR count). The van der Waals surface area contributed by atoms with Crippen LogP contribution in [0.25, 0.3) is 0 Å². The fourth-order valence-corrected chi connectivity index (χ4v) is 11.0. The molecule has 0 heterocycles. The molecule has 0 aromatic carbocycles. The summed E-state index contributed by atoms with van der Waals surface area (Å²) in [6.45, 7) is 8.45. The van der Waals surface area contributed by atoms with Crippen LogP contribution in [0.2, 0.25) is 38.3 Å². The van der Waals surface area contributed by atoms with Gasteiger partial charge in [-0.25, -0.2) is 0 Å². The predicted molar refractivity (Wildman–Crippen MR) is 79.4 cm³/mol. The summed E-state index contributed by atoms with van der Waals surface area (Å²) in [4.78, 5) is 21.0. The molecule has 0 aromatic heterocycles. The minimum absolute atomic E-state index is 0.195. The van der Waals surface area contributed by atoms with Crippen LogP contribution in [0.3, 0.4) is 0 Å². The Labute approximate surface area is 117 Å². The van der Waals surface area contributed by atoms with Gasteiger partial charge >= 0.3 is 11.9 Å². The molecule has 7 heteroatoms. The first-order chi connectivity index (χ1) is 8.54. The van der Waals surface area contributed by atoms with E-state index < -0.39 is 28.6 Å². The van der Waals surface area contributed by atoms with Crippen molar-refractivity contribution in [3.8, 4) is 0 Å². The Bertz CT molecular complexity index is 285. The van der Waals surface area contributed by atoms with Crippen molar-refractivity contribution < 1.29 is 23.9 Å². The number of carboxylic acids is 2. The molecule has 0 radical (unpaired) electrons. The number of aliphatic carboxylic acids is 2. The van der Waals surface area contributed by atoms with Crippen LogP contribution in [0.4, 0.5) is 0 Å². The summed E-state index contributed by atoms with van der Waals surface area (Å²) in [7, 11) is -3.66. The SMILES string of the molecule is C[Si](C)(CCCC(=O)O)O[Si](C)(C)CCCC(=O)O. The molecule has 0 aliphatic carbocycles. The summed E-state index contributed by atoms with van der Waals surface area (Å²) in [6, 6.07) is 1.68. The molecule has 0 bridgehead atoms. The molecule has 0 saturated heterocycles. The average molecular weight is 307 g/mol. The van der Waals surface area contributed by atoms with Gasteiger partial charge in [0.25, 0.3) is 0 Å². The standard InChI is InChI=1S/C12H26O5Si2/c1-18(2,9-5-7-11(13)14)17-19(3,4)10-6-8-12(15)16/h5-10H2,1-4H3,(H,13,14)(H,15,16). The molecule has 0 saturated carbocycles. The molecule has 19 heavy (non-hydrogen) atoms. The molecular weight excluding hydrogens is 280 g/mol. The minimum Gasteiger partial charge on any atom is -0.481 e. The average Bonchev–Trinajstić information content (AvgIpc) is 2.12. The van der Waals surface area contributed by atoms with Crippen molar-refractivity contribution in [1.82, 2.24) is 0 Å². The van der Waals surface area contributed by atoms with Crippen LogP contribution in [0, 0.1) is 0 Å². The van der Waals surface area contributed by atoms with E-state index in [-0.39, 0.29) is 12.8 Å². The zero-order chi connectivity index (χ0) is 15.1. The maximum Gasteiger partial charge on any atom is 0.303 e. The number of rotatable bonds is 10. The maximum atomic E-state index is 10.5. The predicted octanol–water partition coefficient (Wildman–Crippen LogP) is 3.14. The molecule has 0 aromatic rings. The van der Waals surface area contributed by atoms with E-state index in [2.05, 4.69) is 26.2 Å². The van der Waals surface area contributed by atoms with E-state index in [1.807, 2.05) is 0 Å². The van der Waals surface area contributed by atoms with Gasteiger partial charge < -0.3 is 14.3 Å². The van der Waals surface area contributed by atoms with E-state index >= 15 is 0 Å². The number of carboxylic acid groups (broad SMARTS) is 2. The summed E-state index contributed by atoms with van der Waals surface area (Å²) < 4.78 is 6.28. The van der Waals surface area contributed by atoms with Crippen molar-refractivity contribution in [2.45, 2.75) is 64.0 Å². The summed E-state index contributed by atoms with van der Waals surface area (Å²) >= 11 is 0. The highest BCUT2D eigenvalue weighted by atomic mass is 28.4. The summed E-state index contributed by atoms with van der Waals surface area (Å²) in [5, 5.41) is 17.3. The summed E-state index contributed by atoms with van der Waals surface area (Å²) in [6.07, 6.45) is 1.71. The second-order valence-corrected chi connectivity index (χ2v) is 15.0. The van der Waals surface area contributed by atoms with Gasteiger partial charge in [-0.1, -0.05) is 0 Å². The van der Waals surface area contributed by atoms with Crippen molar-refractivity contribution in [3.63, 3.8) is 0 Å². The van der Waals surface area contributed by atoms with Gasteiger partial charge in [-0.15, -0.1) is 0 Å². The molecule has 2 N–H and O–H groups in total. The van der Waals surface area contributed by atoms with Crippen LogP contribution in [0.5, 0.6) is 0 Å². The first-order valence-corrected chi connectivity index (χ1v) is 12.9. The molecule has 112 valence electrons. The number of hydrogen-bond acceptors (Lipinski definition) is 3. The smallest absolute Gasteiger partial charge is 0.303 e. The van der Waals surface area contributed by atoms with Crippen molar-refractivity contribution >= 4 is 28.6 Å². The lowest BCUT2D eigenvalue weighted by Crippen LogP contribution is -2.44. The zero-order valence-electron chi connectivity index (χ0n) is 12.4. The normalized spacial score (nSPS) is 12.4. The Morgan fingerprint density at radius 2 is 1.16 bits per heavy atom. The summed E-state index contributed by atoms with van der Waals surface area (Å²) in [5.74, 6) is -1.52. The van der Waals surface area contributed by atoms with Crippen molar-refractivity contribution in [2.24, 2.45) is 0 Å². The van der Waals surface area contributed by atoms with E-state index in [0.717, 1.165) is 12.1 Å². The molecular formula is C12H26O5Si2. The van der Waals surface area contributed by atoms with Gasteiger partial charge in [0.15, 0.2) is 16.6 Å². The Hall–Kier alpha value is -0.666. The van der Waals surface area contributed by atoms with Crippen molar-refractivity contribution in [1.29, 1.82) is 0 Å². The summed E-state index contributed by atoms with van der Waals surface area (Å²) in [5.41, 5.74) is 0. The minimum atomic E-state index is -1.83. The van der Waals surface area contributed by atoms with Crippen molar-refractivity contribution in [3.05, 3.63) is 0 Å². The first-order valence-electron chi connectivity index (χ1n) is 6.68. The fourth-order valence-electron chi connectivity index (χ4n) is 2.18. The van der Waals surface area contributed by atoms with E-state index in [0.29, 0.717) is 12.8 Å². The van der Waals surface area contributed by atoms with Gasteiger partial charge in [0, 0.05) is 12.8 Å². The molecule has 0 unspecified atom stereocenters. The van der Waals surface area contributed by atoms with Gasteiger partial charge in [-0.05, 0) is 51.1 Å². The van der Waals surface area contributed by atoms with E-state index in [9.17, 15) is 9.59 Å². The quantitative estimate of drug-likeness (QED) is 0.606. The molecule has 0 fully saturated rings. The second kappa shape index (κ2) is 7.81. The second-order valence-electron chi connectivity index (χ2n) is 6.12. The van der Waals surface area contributed by atoms with Crippen molar-refractivity contribution in [2.75, 3.05) is 0 Å². The zero-order valence-corrected chi connectivity index (χ0v) is 14.4. The van der Waals surface area contributed by atoms with Gasteiger partial charge in [0.05, 0.1) is 0 Å². The van der Waals surface area contributed by atoms with Gasteiger partial charge in [0.1, 0.15) is 0 Å². The van der Waals surface area contributed by atoms with Gasteiger partial charge in [0.2, 0.25) is 0 Å². The lowest BCUT2D eigenvalue weighted by Gasteiger charge is -2.34. The molecule has 0 spiro atoms. The highest BCUT2D eigenvalue weighted by molar-refractivity contribution is 6.84. The third-order valence-corrected chi connectivity index (χ3v) is 10.4. The van der Waals surface area contributed by atoms with E-state index in [1.54, 1.807) is 0 Å². The van der Waals surface area contributed by atoms with Gasteiger partial charge in [-0.3, -0.25) is 9.59 Å². The van der Waals surface area contributed by atoms with Crippen LogP contribution in [0.15, 0.2) is 0 Å². The molecule has 0 atom stereocenters. The van der Waals surface area contributed by atoms with Gasteiger partial charge in [-0.2, -0.15) is 0 Å². The lowest BCUT2D eigenvalue weighted by atomic mass is 10.3. The number of carbonyl (C=O) groups is 2. The Balaban J connectivity index is 4.13. The van der Waals surface area contributed by atoms with E-state index in [1.165, 1.54) is 0 Å². The monoisotopic (exact) mass is 306 g/mol. The third kappa shape index (κ3) is 10.9. The van der Waals surface area contributed by atoms with Crippen LogP contribution < -0.4 is 0 Å². The third-order valence-electron chi connectivity index (χ3n) is 2.89. The fraction of sp³-hybridized carbons (Fsp3) is 0.833. The lowest BCUT2D eigenvalue weighted by molar-refractivity contribution is -0.138. The topological polar surface area (TPSA) is 83.8 Å². The van der Waals surface area contributed by atoms with Crippen LogP contribution >= 0.6 is 0 Å². The van der Waals surface area contributed by atoms with Crippen LogP contribution in [-0.2, 0) is 13.7 Å². The highest BCUT2D eigenvalue weighted by Crippen LogP contribution is 2.24. The first kappa shape index (κ1) is 18.3. The molecule has 5 nitrogen and oxygen atoms in total. The Morgan fingerprint density at radius 3 is 1.42 bits per heavy atom. The van der Waals surface area contributed by atoms with Crippen LogP contribution in [0.1, 0.15) is 25.7 Å². The van der Waals surface area contributed by atoms with Crippen LogP contribution in [-0.4, -0.2) is 38.8 Å². The molecule has 0 aliphatic heterocycles. The molecule has 0 aliphatic rings. The Kier molecular flexibility index (Phi) is 7.54. The van der Waals surface area contributed by atoms with E-state index in [4.69, 9.17) is 14.3 Å². The number of hydrogen-bond donors (Lipinski definition) is 2.